The van der Waals surface area contributed by atoms with Crippen molar-refractivity contribution < 1.29 is 13.2 Å². The normalized spacial score (nSPS) is 16.4. The second-order valence-corrected chi connectivity index (χ2v) is 12.2. The van der Waals surface area contributed by atoms with E-state index in [4.69, 9.17) is 4.98 Å². The molecule has 10 nitrogen and oxygen atoms in total. The van der Waals surface area contributed by atoms with Crippen molar-refractivity contribution in [3.05, 3.63) is 72.6 Å². The average Bonchev–Trinajstić information content (AvgIpc) is 3.71. The summed E-state index contributed by atoms with van der Waals surface area (Å²) in [5.41, 5.74) is 3.80. The molecule has 1 amide bonds. The lowest BCUT2D eigenvalue weighted by molar-refractivity contribution is -0.132. The largest absolute Gasteiger partial charge is 0.340 e. The highest BCUT2D eigenvalue weighted by Gasteiger charge is 2.35. The first-order valence-corrected chi connectivity index (χ1v) is 14.7. The van der Waals surface area contributed by atoms with E-state index in [-0.39, 0.29) is 11.2 Å². The molecule has 4 aromatic rings. The predicted molar refractivity (Wildman–Crippen MR) is 152 cm³/mol. The summed E-state index contributed by atoms with van der Waals surface area (Å²) in [6, 6.07) is 17.0. The summed E-state index contributed by atoms with van der Waals surface area (Å²) in [4.78, 5) is 26.0. The van der Waals surface area contributed by atoms with Gasteiger partial charge in [-0.2, -0.15) is 4.98 Å². The van der Waals surface area contributed by atoms with E-state index in [9.17, 15) is 13.2 Å². The maximum Gasteiger partial charge on any atom is 0.235 e. The number of hydrogen-bond donors (Lipinski definition) is 2. The molecule has 1 aliphatic carbocycles. The Balaban J connectivity index is 1.16. The second-order valence-electron chi connectivity index (χ2n) is 10.2. The van der Waals surface area contributed by atoms with Gasteiger partial charge >= 0.3 is 0 Å². The second kappa shape index (κ2) is 10.3. The van der Waals surface area contributed by atoms with E-state index < -0.39 is 10.0 Å². The number of hydrogen-bond acceptors (Lipinski definition) is 7. The number of likely N-dealkylation sites (N-methyl/N-ethyl adjacent to an activating group) is 1. The van der Waals surface area contributed by atoms with Gasteiger partial charge in [0.05, 0.1) is 17.4 Å². The SMILES string of the molecule is CN1CCN(C(=O)Cc2ccc(Nc3ncc4ccn(-c5cccc(NS(=O)(=O)C6CC6)c5)c4n3)cc2)CC1. The van der Waals surface area contributed by atoms with Crippen LogP contribution in [0, 0.1) is 0 Å². The molecule has 1 aliphatic heterocycles. The van der Waals surface area contributed by atoms with Crippen LogP contribution in [0.1, 0.15) is 18.4 Å². The quantitative estimate of drug-likeness (QED) is 0.349. The highest BCUT2D eigenvalue weighted by atomic mass is 32.2. The molecule has 1 saturated heterocycles. The van der Waals surface area contributed by atoms with Gasteiger partial charge in [-0.1, -0.05) is 18.2 Å². The van der Waals surface area contributed by atoms with Crippen LogP contribution in [-0.4, -0.2) is 77.1 Å². The fourth-order valence-electron chi connectivity index (χ4n) is 4.71. The molecule has 2 aromatic heterocycles. The first-order valence-electron chi connectivity index (χ1n) is 13.1. The van der Waals surface area contributed by atoms with Gasteiger partial charge in [-0.05, 0) is 61.9 Å². The molecular formula is C28H31N7O3S. The van der Waals surface area contributed by atoms with E-state index in [2.05, 4.69) is 27.0 Å². The topological polar surface area (TPSA) is 112 Å². The summed E-state index contributed by atoms with van der Waals surface area (Å²) in [5.74, 6) is 0.595. The van der Waals surface area contributed by atoms with Gasteiger partial charge in [0, 0.05) is 55.3 Å². The highest BCUT2D eigenvalue weighted by Crippen LogP contribution is 2.30. The van der Waals surface area contributed by atoms with Gasteiger partial charge < -0.3 is 19.7 Å². The summed E-state index contributed by atoms with van der Waals surface area (Å²) in [6.07, 6.45) is 5.45. The predicted octanol–water partition coefficient (Wildman–Crippen LogP) is 3.38. The Morgan fingerprint density at radius 1 is 1.00 bits per heavy atom. The van der Waals surface area contributed by atoms with E-state index in [1.165, 1.54) is 0 Å². The third-order valence-electron chi connectivity index (χ3n) is 7.20. The molecule has 2 aromatic carbocycles. The Morgan fingerprint density at radius 2 is 1.77 bits per heavy atom. The molecule has 202 valence electrons. The molecule has 3 heterocycles. The number of nitrogens with zero attached hydrogens (tertiary/aromatic N) is 5. The number of anilines is 3. The van der Waals surface area contributed by atoms with Crippen molar-refractivity contribution in [1.29, 1.82) is 0 Å². The lowest BCUT2D eigenvalue weighted by atomic mass is 10.1. The van der Waals surface area contributed by atoms with Gasteiger partial charge in [0.25, 0.3) is 0 Å². The number of carbonyl (C=O) groups is 1. The summed E-state index contributed by atoms with van der Waals surface area (Å²) in [5, 5.41) is 3.82. The first kappa shape index (κ1) is 25.3. The number of rotatable bonds is 8. The van der Waals surface area contributed by atoms with Crippen molar-refractivity contribution in [1.82, 2.24) is 24.3 Å². The van der Waals surface area contributed by atoms with E-state index in [1.54, 1.807) is 18.3 Å². The zero-order valence-electron chi connectivity index (χ0n) is 21.7. The molecule has 0 atom stereocenters. The molecule has 39 heavy (non-hydrogen) atoms. The molecule has 6 rings (SSSR count). The maximum atomic E-state index is 12.7. The fourth-order valence-corrected chi connectivity index (χ4v) is 6.09. The Hall–Kier alpha value is -3.96. The fraction of sp³-hybridized carbons (Fsp3) is 0.321. The van der Waals surface area contributed by atoms with Crippen LogP contribution in [0.5, 0.6) is 0 Å². The van der Waals surface area contributed by atoms with Crippen LogP contribution < -0.4 is 10.0 Å². The number of aromatic nitrogens is 3. The standard InChI is InChI=1S/C28H31N7O3S/c1-33-13-15-34(16-14-33)26(36)17-20-5-7-22(8-6-20)30-28-29-19-21-11-12-35(27(21)31-28)24-4-2-3-23(18-24)32-39(37,38)25-9-10-25/h2-8,11-12,18-19,25,32H,9-10,13-17H2,1H3,(H,29,30,31). The molecule has 2 N–H and O–H groups in total. The van der Waals surface area contributed by atoms with E-state index in [1.807, 2.05) is 58.1 Å². The molecular weight excluding hydrogens is 514 g/mol. The number of piperazine rings is 1. The molecule has 0 spiro atoms. The third kappa shape index (κ3) is 5.74. The van der Waals surface area contributed by atoms with Crippen molar-refractivity contribution in [2.75, 3.05) is 43.3 Å². The summed E-state index contributed by atoms with van der Waals surface area (Å²) in [7, 11) is -1.27. The number of fused-ring (bicyclic) bond motifs is 1. The highest BCUT2D eigenvalue weighted by molar-refractivity contribution is 7.93. The van der Waals surface area contributed by atoms with Crippen molar-refractivity contribution in [2.45, 2.75) is 24.5 Å². The number of amides is 1. The first-order chi connectivity index (χ1) is 18.8. The van der Waals surface area contributed by atoms with Crippen LogP contribution in [0.15, 0.2) is 67.0 Å². The van der Waals surface area contributed by atoms with Crippen molar-refractivity contribution in [3.63, 3.8) is 0 Å². The Kier molecular flexibility index (Phi) is 6.69. The average molecular weight is 546 g/mol. The summed E-state index contributed by atoms with van der Waals surface area (Å²) in [6.45, 7) is 3.37. The van der Waals surface area contributed by atoms with E-state index in [0.717, 1.165) is 48.5 Å². The van der Waals surface area contributed by atoms with Gasteiger partial charge in [0.2, 0.25) is 21.9 Å². The number of sulfonamides is 1. The molecule has 2 fully saturated rings. The number of nitrogens with one attached hydrogen (secondary N) is 2. The molecule has 2 aliphatic rings. The van der Waals surface area contributed by atoms with Crippen LogP contribution in [0.4, 0.5) is 17.3 Å². The van der Waals surface area contributed by atoms with Crippen LogP contribution in [0.3, 0.4) is 0 Å². The van der Waals surface area contributed by atoms with Gasteiger partial charge in [0.15, 0.2) is 0 Å². The molecule has 0 unspecified atom stereocenters. The molecule has 1 saturated carbocycles. The number of carbonyl (C=O) groups excluding carboxylic acids is 1. The zero-order chi connectivity index (χ0) is 27.0. The van der Waals surface area contributed by atoms with Crippen LogP contribution in [0.25, 0.3) is 16.7 Å². The molecule has 11 heteroatoms. The third-order valence-corrected chi connectivity index (χ3v) is 9.07. The van der Waals surface area contributed by atoms with Gasteiger partial charge in [-0.3, -0.25) is 9.52 Å². The minimum absolute atomic E-state index is 0.155. The summed E-state index contributed by atoms with van der Waals surface area (Å²) >= 11 is 0. The smallest absolute Gasteiger partial charge is 0.235 e. The lowest BCUT2D eigenvalue weighted by Crippen LogP contribution is -2.47. The Morgan fingerprint density at radius 3 is 2.51 bits per heavy atom. The minimum Gasteiger partial charge on any atom is -0.340 e. The Labute approximate surface area is 227 Å². The lowest BCUT2D eigenvalue weighted by Gasteiger charge is -2.32. The van der Waals surface area contributed by atoms with E-state index in [0.29, 0.717) is 36.5 Å². The van der Waals surface area contributed by atoms with Crippen LogP contribution >= 0.6 is 0 Å². The Bertz CT molecular complexity index is 1610. The monoisotopic (exact) mass is 545 g/mol. The van der Waals surface area contributed by atoms with Crippen molar-refractivity contribution >= 4 is 44.3 Å². The minimum atomic E-state index is -3.35. The maximum absolute atomic E-state index is 12.7. The zero-order valence-corrected chi connectivity index (χ0v) is 22.6. The summed E-state index contributed by atoms with van der Waals surface area (Å²) < 4.78 is 29.4. The van der Waals surface area contributed by atoms with Crippen LogP contribution in [0.2, 0.25) is 0 Å². The van der Waals surface area contributed by atoms with Crippen LogP contribution in [-0.2, 0) is 21.2 Å². The van der Waals surface area contributed by atoms with E-state index >= 15 is 0 Å². The van der Waals surface area contributed by atoms with Crippen molar-refractivity contribution in [3.8, 4) is 5.69 Å². The molecule has 0 radical (unpaired) electrons. The van der Waals surface area contributed by atoms with Gasteiger partial charge in [0.1, 0.15) is 5.65 Å². The molecule has 0 bridgehead atoms. The van der Waals surface area contributed by atoms with Gasteiger partial charge in [-0.15, -0.1) is 0 Å². The van der Waals surface area contributed by atoms with Crippen molar-refractivity contribution in [2.24, 2.45) is 0 Å². The number of benzene rings is 2. The van der Waals surface area contributed by atoms with Gasteiger partial charge in [-0.25, -0.2) is 13.4 Å².